The van der Waals surface area contributed by atoms with Crippen LogP contribution in [-0.2, 0) is 0 Å². The second-order valence-electron chi connectivity index (χ2n) is 5.31. The zero-order valence-corrected chi connectivity index (χ0v) is 11.9. The minimum absolute atomic E-state index is 0.261. The number of hydrogen-bond acceptors (Lipinski definition) is 2. The van der Waals surface area contributed by atoms with Crippen LogP contribution in [0, 0.1) is 5.82 Å². The molecule has 0 radical (unpaired) electrons. The summed E-state index contributed by atoms with van der Waals surface area (Å²) < 4.78 is 18.7. The number of benzene rings is 2. The number of carbonyl (C=O) groups excluding carboxylic acids is 1. The summed E-state index contributed by atoms with van der Waals surface area (Å²) in [6.07, 6.45) is 3.09. The van der Waals surface area contributed by atoms with Gasteiger partial charge in [-0.2, -0.15) is 0 Å². The Balaban J connectivity index is 2.17. The van der Waals surface area contributed by atoms with Crippen molar-refractivity contribution in [1.29, 1.82) is 0 Å². The molecule has 108 valence electrons. The highest BCUT2D eigenvalue weighted by Crippen LogP contribution is 2.47. The monoisotopic (exact) mass is 284 g/mol. The molecule has 0 heterocycles. The van der Waals surface area contributed by atoms with E-state index in [9.17, 15) is 9.18 Å². The van der Waals surface area contributed by atoms with Gasteiger partial charge < -0.3 is 4.74 Å². The van der Waals surface area contributed by atoms with E-state index in [-0.39, 0.29) is 5.82 Å². The van der Waals surface area contributed by atoms with Crippen molar-refractivity contribution in [2.75, 3.05) is 6.61 Å². The Morgan fingerprint density at radius 3 is 2.52 bits per heavy atom. The van der Waals surface area contributed by atoms with E-state index >= 15 is 0 Å². The predicted octanol–water partition coefficient (Wildman–Crippen LogP) is 4.58. The lowest BCUT2D eigenvalue weighted by atomic mass is 9.92. The maximum atomic E-state index is 13.1. The number of aldehydes is 1. The van der Waals surface area contributed by atoms with E-state index in [0.29, 0.717) is 23.8 Å². The van der Waals surface area contributed by atoms with Gasteiger partial charge in [0.1, 0.15) is 17.9 Å². The van der Waals surface area contributed by atoms with Crippen LogP contribution >= 0.6 is 0 Å². The molecule has 0 amide bonds. The highest BCUT2D eigenvalue weighted by molar-refractivity contribution is 5.85. The summed E-state index contributed by atoms with van der Waals surface area (Å²) >= 11 is 0. The average molecular weight is 284 g/mol. The van der Waals surface area contributed by atoms with E-state index < -0.39 is 0 Å². The number of ether oxygens (including phenoxy) is 1. The van der Waals surface area contributed by atoms with E-state index in [1.54, 1.807) is 18.2 Å². The molecule has 3 rings (SSSR count). The molecular formula is C18H17FO2. The van der Waals surface area contributed by atoms with Gasteiger partial charge in [0.25, 0.3) is 0 Å². The fourth-order valence-corrected chi connectivity index (χ4v) is 2.69. The van der Waals surface area contributed by atoms with Gasteiger partial charge in [-0.25, -0.2) is 4.39 Å². The lowest BCUT2D eigenvalue weighted by molar-refractivity contribution is 0.112. The molecule has 1 fully saturated rings. The molecule has 0 N–H and O–H groups in total. The molecule has 3 heteroatoms. The molecule has 21 heavy (non-hydrogen) atoms. The molecule has 2 nitrogen and oxygen atoms in total. The van der Waals surface area contributed by atoms with Crippen LogP contribution in [0.2, 0.25) is 0 Å². The minimum Gasteiger partial charge on any atom is -0.494 e. The van der Waals surface area contributed by atoms with Gasteiger partial charge in [0.2, 0.25) is 0 Å². The first kappa shape index (κ1) is 13.8. The maximum Gasteiger partial charge on any atom is 0.150 e. The molecule has 2 aromatic rings. The Hall–Kier alpha value is -2.16. The van der Waals surface area contributed by atoms with Gasteiger partial charge in [-0.1, -0.05) is 12.1 Å². The normalized spacial score (nSPS) is 14.0. The van der Waals surface area contributed by atoms with Crippen LogP contribution in [0.4, 0.5) is 4.39 Å². The summed E-state index contributed by atoms with van der Waals surface area (Å²) in [4.78, 5) is 11.4. The lowest BCUT2D eigenvalue weighted by Crippen LogP contribution is -1.99. The molecule has 2 aromatic carbocycles. The van der Waals surface area contributed by atoms with Gasteiger partial charge in [0.05, 0.1) is 6.61 Å². The zero-order valence-electron chi connectivity index (χ0n) is 11.9. The fourth-order valence-electron chi connectivity index (χ4n) is 2.69. The van der Waals surface area contributed by atoms with Crippen LogP contribution in [0.5, 0.6) is 5.75 Å². The first-order valence-corrected chi connectivity index (χ1v) is 7.24. The second kappa shape index (κ2) is 5.68. The highest BCUT2D eigenvalue weighted by atomic mass is 19.1. The van der Waals surface area contributed by atoms with E-state index in [0.717, 1.165) is 35.8 Å². The molecule has 0 unspecified atom stereocenters. The summed E-state index contributed by atoms with van der Waals surface area (Å²) in [7, 11) is 0. The van der Waals surface area contributed by atoms with Crippen LogP contribution in [0.1, 0.15) is 41.6 Å². The molecule has 0 bridgehead atoms. The van der Waals surface area contributed by atoms with Gasteiger partial charge in [0.15, 0.2) is 0 Å². The van der Waals surface area contributed by atoms with Gasteiger partial charge >= 0.3 is 0 Å². The summed E-state index contributed by atoms with van der Waals surface area (Å²) in [6, 6.07) is 10.1. The van der Waals surface area contributed by atoms with E-state index in [1.165, 1.54) is 12.1 Å². The quantitative estimate of drug-likeness (QED) is 0.751. The third-order valence-electron chi connectivity index (χ3n) is 3.76. The summed E-state index contributed by atoms with van der Waals surface area (Å²) in [5, 5.41) is 0. The Morgan fingerprint density at radius 1 is 1.24 bits per heavy atom. The standard InChI is InChI=1S/C18H17FO2/c1-2-21-16-9-14(11-20)18(13-3-4-13)17(10-16)12-5-7-15(19)8-6-12/h5-11,13H,2-4H2,1H3. The van der Waals surface area contributed by atoms with Crippen LogP contribution < -0.4 is 4.74 Å². The van der Waals surface area contributed by atoms with Gasteiger partial charge in [0, 0.05) is 5.56 Å². The summed E-state index contributed by atoms with van der Waals surface area (Å²) in [5.74, 6) is 0.854. The Morgan fingerprint density at radius 2 is 1.95 bits per heavy atom. The van der Waals surface area contributed by atoms with Crippen molar-refractivity contribution >= 4 is 6.29 Å². The molecular weight excluding hydrogens is 267 g/mol. The van der Waals surface area contributed by atoms with Crippen molar-refractivity contribution < 1.29 is 13.9 Å². The Bertz CT molecular complexity index is 658. The molecule has 0 aliphatic heterocycles. The van der Waals surface area contributed by atoms with E-state index in [1.807, 2.05) is 13.0 Å². The van der Waals surface area contributed by atoms with Gasteiger partial charge in [-0.15, -0.1) is 0 Å². The highest BCUT2D eigenvalue weighted by Gasteiger charge is 2.29. The van der Waals surface area contributed by atoms with Gasteiger partial charge in [-0.05, 0) is 66.6 Å². The first-order chi connectivity index (χ1) is 10.2. The van der Waals surface area contributed by atoms with Crippen molar-refractivity contribution in [2.45, 2.75) is 25.7 Å². The SMILES string of the molecule is CCOc1cc(C=O)c(C2CC2)c(-c2ccc(F)cc2)c1. The molecule has 0 atom stereocenters. The van der Waals surface area contributed by atoms with Gasteiger partial charge in [-0.3, -0.25) is 4.79 Å². The number of hydrogen-bond donors (Lipinski definition) is 0. The van der Waals surface area contributed by atoms with E-state index in [2.05, 4.69) is 0 Å². The average Bonchev–Trinajstić information content (AvgIpc) is 3.32. The van der Waals surface area contributed by atoms with Crippen LogP contribution in [0.3, 0.4) is 0 Å². The van der Waals surface area contributed by atoms with E-state index in [4.69, 9.17) is 4.74 Å². The first-order valence-electron chi connectivity index (χ1n) is 7.24. The second-order valence-corrected chi connectivity index (χ2v) is 5.31. The number of carbonyl (C=O) groups is 1. The molecule has 1 aliphatic carbocycles. The molecule has 0 saturated heterocycles. The molecule has 0 spiro atoms. The molecule has 1 saturated carbocycles. The van der Waals surface area contributed by atoms with Crippen LogP contribution in [0.15, 0.2) is 36.4 Å². The van der Waals surface area contributed by atoms with Crippen LogP contribution in [0.25, 0.3) is 11.1 Å². The molecule has 0 aromatic heterocycles. The fraction of sp³-hybridized carbons (Fsp3) is 0.278. The summed E-state index contributed by atoms with van der Waals surface area (Å²) in [6.45, 7) is 2.46. The smallest absolute Gasteiger partial charge is 0.150 e. The largest absolute Gasteiger partial charge is 0.494 e. The minimum atomic E-state index is -0.261. The van der Waals surface area contributed by atoms with Crippen LogP contribution in [-0.4, -0.2) is 12.9 Å². The molecule has 1 aliphatic rings. The zero-order chi connectivity index (χ0) is 14.8. The topological polar surface area (TPSA) is 26.3 Å². The Kier molecular flexibility index (Phi) is 3.74. The third-order valence-corrected chi connectivity index (χ3v) is 3.76. The lowest BCUT2D eigenvalue weighted by Gasteiger charge is -2.15. The maximum absolute atomic E-state index is 13.1. The van der Waals surface area contributed by atoms with Crippen molar-refractivity contribution in [1.82, 2.24) is 0 Å². The number of halogens is 1. The third kappa shape index (κ3) is 2.82. The Labute approximate surface area is 123 Å². The van der Waals surface area contributed by atoms with Crippen molar-refractivity contribution in [3.8, 4) is 16.9 Å². The van der Waals surface area contributed by atoms with Crippen molar-refractivity contribution in [3.63, 3.8) is 0 Å². The summed E-state index contributed by atoms with van der Waals surface area (Å²) in [5.41, 5.74) is 3.65. The number of rotatable bonds is 5. The van der Waals surface area contributed by atoms with Crippen molar-refractivity contribution in [2.24, 2.45) is 0 Å². The van der Waals surface area contributed by atoms with Crippen molar-refractivity contribution in [3.05, 3.63) is 53.3 Å². The predicted molar refractivity (Wildman–Crippen MR) is 80.4 cm³/mol.